The zero-order valence-corrected chi connectivity index (χ0v) is 14.9. The summed E-state index contributed by atoms with van der Waals surface area (Å²) in [7, 11) is 2.93. The second-order valence-electron chi connectivity index (χ2n) is 5.18. The molecule has 0 atom stereocenters. The van der Waals surface area contributed by atoms with Gasteiger partial charge in [0.1, 0.15) is 0 Å². The Hall–Kier alpha value is -1.11. The predicted molar refractivity (Wildman–Crippen MR) is 97.0 cm³/mol. The van der Waals surface area contributed by atoms with E-state index < -0.39 is 5.97 Å². The number of carbonyl (C=O) groups is 2. The molecule has 1 fully saturated rings. The van der Waals surface area contributed by atoms with Gasteiger partial charge in [-0.15, -0.1) is 0 Å². The molecule has 1 amide bonds. The maximum Gasteiger partial charge on any atom is 0.303 e. The van der Waals surface area contributed by atoms with Crippen molar-refractivity contribution in [1.29, 1.82) is 0 Å². The maximum absolute atomic E-state index is 12.3. The molecule has 0 saturated carbocycles. The van der Waals surface area contributed by atoms with Crippen LogP contribution in [0.3, 0.4) is 0 Å². The van der Waals surface area contributed by atoms with Crippen LogP contribution in [-0.4, -0.2) is 27.8 Å². The van der Waals surface area contributed by atoms with Crippen LogP contribution >= 0.6 is 33.4 Å². The highest BCUT2D eigenvalue weighted by atomic mass is 35.5. The number of carboxylic acids is 1. The van der Waals surface area contributed by atoms with Crippen LogP contribution in [0.1, 0.15) is 37.7 Å². The summed E-state index contributed by atoms with van der Waals surface area (Å²) >= 11 is 5.85. The first kappa shape index (κ1) is 18.2. The van der Waals surface area contributed by atoms with E-state index in [2.05, 4.69) is 0 Å². The number of unbranched alkanes of at least 4 members (excludes halogenated alkanes) is 3. The summed E-state index contributed by atoms with van der Waals surface area (Å²) < 4.78 is 1.77. The highest BCUT2D eigenvalue weighted by molar-refractivity contribution is 8.78. The van der Waals surface area contributed by atoms with Crippen LogP contribution in [0.2, 0.25) is 5.02 Å². The number of carboxylic acid groups (broad SMARTS) is 1. The minimum Gasteiger partial charge on any atom is -0.481 e. The second kappa shape index (κ2) is 9.25. The lowest BCUT2D eigenvalue weighted by Gasteiger charge is -2.11. The number of hydrogen-bond donors (Lipinski definition) is 1. The van der Waals surface area contributed by atoms with Crippen molar-refractivity contribution in [3.05, 3.63) is 39.8 Å². The van der Waals surface area contributed by atoms with Gasteiger partial charge in [0.2, 0.25) is 0 Å². The number of hydrogen-bond acceptors (Lipinski definition) is 4. The van der Waals surface area contributed by atoms with Gasteiger partial charge in [0.25, 0.3) is 5.91 Å². The molecule has 1 saturated heterocycles. The van der Waals surface area contributed by atoms with Crippen molar-refractivity contribution in [2.24, 2.45) is 0 Å². The Bertz CT molecular complexity index is 589. The SMILES string of the molecule is O=C(O)CCCCCCN1SS/C(=C\c2ccc(Cl)cc2)C1=O. The largest absolute Gasteiger partial charge is 0.481 e. The number of rotatable bonds is 8. The first-order chi connectivity index (χ1) is 11.1. The molecule has 0 aliphatic carbocycles. The van der Waals surface area contributed by atoms with E-state index in [1.165, 1.54) is 21.8 Å². The molecule has 23 heavy (non-hydrogen) atoms. The smallest absolute Gasteiger partial charge is 0.303 e. The van der Waals surface area contributed by atoms with Crippen molar-refractivity contribution in [2.75, 3.05) is 6.54 Å². The molecule has 1 aromatic rings. The molecule has 0 bridgehead atoms. The number of benzene rings is 1. The average molecular weight is 372 g/mol. The van der Waals surface area contributed by atoms with Gasteiger partial charge >= 0.3 is 5.97 Å². The summed E-state index contributed by atoms with van der Waals surface area (Å²) in [5.74, 6) is -0.704. The van der Waals surface area contributed by atoms with E-state index in [1.807, 2.05) is 18.2 Å². The fraction of sp³-hybridized carbons (Fsp3) is 0.375. The predicted octanol–water partition coefficient (Wildman–Crippen LogP) is 4.85. The quantitative estimate of drug-likeness (QED) is 0.306. The number of aliphatic carboxylic acids is 1. The number of halogens is 1. The summed E-state index contributed by atoms with van der Waals surface area (Å²) in [6.07, 6.45) is 5.53. The molecule has 1 aliphatic heterocycles. The molecule has 7 heteroatoms. The molecular weight excluding hydrogens is 354 g/mol. The van der Waals surface area contributed by atoms with Gasteiger partial charge in [-0.05, 0) is 47.4 Å². The first-order valence-electron chi connectivity index (χ1n) is 7.42. The van der Waals surface area contributed by atoms with Gasteiger partial charge in [-0.1, -0.05) is 36.6 Å². The zero-order chi connectivity index (χ0) is 16.7. The van der Waals surface area contributed by atoms with Gasteiger partial charge in [-0.3, -0.25) is 13.9 Å². The normalized spacial score (nSPS) is 16.3. The van der Waals surface area contributed by atoms with Crippen LogP contribution in [0.4, 0.5) is 0 Å². The molecular formula is C16H18ClNO3S2. The maximum atomic E-state index is 12.3. The Morgan fingerprint density at radius 2 is 1.87 bits per heavy atom. The third-order valence-electron chi connectivity index (χ3n) is 3.32. The zero-order valence-electron chi connectivity index (χ0n) is 12.5. The average Bonchev–Trinajstić information content (AvgIpc) is 2.86. The van der Waals surface area contributed by atoms with E-state index in [9.17, 15) is 9.59 Å². The van der Waals surface area contributed by atoms with Crippen molar-refractivity contribution in [3.8, 4) is 0 Å². The van der Waals surface area contributed by atoms with Crippen molar-refractivity contribution >= 4 is 51.3 Å². The van der Waals surface area contributed by atoms with Crippen LogP contribution in [0, 0.1) is 0 Å². The van der Waals surface area contributed by atoms with Gasteiger partial charge in [0, 0.05) is 29.0 Å². The van der Waals surface area contributed by atoms with E-state index in [1.54, 1.807) is 16.4 Å². The van der Waals surface area contributed by atoms with E-state index in [0.29, 0.717) is 18.0 Å². The Morgan fingerprint density at radius 3 is 2.57 bits per heavy atom. The van der Waals surface area contributed by atoms with Crippen LogP contribution < -0.4 is 0 Å². The Balaban J connectivity index is 1.75. The van der Waals surface area contributed by atoms with E-state index in [0.717, 1.165) is 29.7 Å². The molecule has 1 aromatic carbocycles. The molecule has 0 unspecified atom stereocenters. The monoisotopic (exact) mass is 371 g/mol. The third kappa shape index (κ3) is 6.12. The lowest BCUT2D eigenvalue weighted by molar-refractivity contribution is -0.137. The third-order valence-corrected chi connectivity index (χ3v) is 5.95. The minimum atomic E-state index is -0.747. The fourth-order valence-corrected chi connectivity index (χ4v) is 4.48. The first-order valence-corrected chi connectivity index (χ1v) is 9.90. The summed E-state index contributed by atoms with van der Waals surface area (Å²) in [4.78, 5) is 23.4. The van der Waals surface area contributed by atoms with Gasteiger partial charge in [0.15, 0.2) is 0 Å². The molecule has 0 spiro atoms. The standard InChI is InChI=1S/C16H18ClNO3S2/c17-13-8-6-12(7-9-13)11-14-16(21)18(23-22-14)10-4-2-1-3-5-15(19)20/h6-9,11H,1-5,10H2,(H,19,20)/b14-11-. The van der Waals surface area contributed by atoms with E-state index >= 15 is 0 Å². The highest BCUT2D eigenvalue weighted by Gasteiger charge is 2.27. The molecule has 1 N–H and O–H groups in total. The summed E-state index contributed by atoms with van der Waals surface area (Å²) in [6, 6.07) is 7.39. The van der Waals surface area contributed by atoms with Gasteiger partial charge in [-0.2, -0.15) is 0 Å². The van der Waals surface area contributed by atoms with E-state index in [-0.39, 0.29) is 12.3 Å². The van der Waals surface area contributed by atoms with E-state index in [4.69, 9.17) is 16.7 Å². The summed E-state index contributed by atoms with van der Waals surface area (Å²) in [5, 5.41) is 9.25. The molecule has 1 heterocycles. The fourth-order valence-electron chi connectivity index (χ4n) is 2.10. The molecule has 4 nitrogen and oxygen atoms in total. The second-order valence-corrected chi connectivity index (χ2v) is 7.76. The molecule has 1 aliphatic rings. The van der Waals surface area contributed by atoms with Gasteiger partial charge < -0.3 is 5.11 Å². The Labute approximate surface area is 148 Å². The van der Waals surface area contributed by atoms with Crippen molar-refractivity contribution in [1.82, 2.24) is 4.31 Å². The van der Waals surface area contributed by atoms with Crippen molar-refractivity contribution in [2.45, 2.75) is 32.1 Å². The minimum absolute atomic E-state index is 0.0421. The summed E-state index contributed by atoms with van der Waals surface area (Å²) in [6.45, 7) is 0.696. The number of amides is 1. The number of carbonyl (C=O) groups excluding carboxylic acids is 1. The Morgan fingerprint density at radius 1 is 1.17 bits per heavy atom. The molecule has 124 valence electrons. The lowest BCUT2D eigenvalue weighted by atomic mass is 10.1. The topological polar surface area (TPSA) is 57.6 Å². The van der Waals surface area contributed by atoms with Crippen LogP contribution in [-0.2, 0) is 9.59 Å². The highest BCUT2D eigenvalue weighted by Crippen LogP contribution is 2.43. The van der Waals surface area contributed by atoms with Crippen LogP contribution in [0.15, 0.2) is 29.2 Å². The van der Waals surface area contributed by atoms with Gasteiger partial charge in [0.05, 0.1) is 4.91 Å². The van der Waals surface area contributed by atoms with Gasteiger partial charge in [-0.25, -0.2) is 0 Å². The molecule has 2 rings (SSSR count). The van der Waals surface area contributed by atoms with Crippen LogP contribution in [0.5, 0.6) is 0 Å². The summed E-state index contributed by atoms with van der Waals surface area (Å²) in [5.41, 5.74) is 0.960. The molecule has 0 radical (unpaired) electrons. The van der Waals surface area contributed by atoms with Crippen molar-refractivity contribution < 1.29 is 14.7 Å². The number of nitrogens with zero attached hydrogens (tertiary/aromatic N) is 1. The lowest BCUT2D eigenvalue weighted by Crippen LogP contribution is -2.20. The molecule has 0 aromatic heterocycles. The Kier molecular flexibility index (Phi) is 7.33. The van der Waals surface area contributed by atoms with Crippen LogP contribution in [0.25, 0.3) is 6.08 Å². The van der Waals surface area contributed by atoms with Crippen molar-refractivity contribution in [3.63, 3.8) is 0 Å².